The van der Waals surface area contributed by atoms with Crippen LogP contribution in [-0.4, -0.2) is 12.3 Å². The van der Waals surface area contributed by atoms with Crippen molar-refractivity contribution >= 4 is 29.1 Å². The van der Waals surface area contributed by atoms with Gasteiger partial charge in [-0.1, -0.05) is 35.9 Å². The average molecular weight is 290 g/mol. The number of nitrogens with one attached hydrogen (secondary N) is 1. The highest BCUT2D eigenvalue weighted by Crippen LogP contribution is 2.39. The summed E-state index contributed by atoms with van der Waals surface area (Å²) in [5.74, 6) is 1.72. The molecule has 3 heteroatoms. The fourth-order valence-electron chi connectivity index (χ4n) is 2.41. The molecule has 1 nitrogen and oxygen atoms in total. The Morgan fingerprint density at radius 3 is 3.00 bits per heavy atom. The molecule has 1 aliphatic heterocycles. The quantitative estimate of drug-likeness (QED) is 0.858. The fourth-order valence-corrected chi connectivity index (χ4v) is 3.84. The second-order valence-corrected chi connectivity index (χ2v) is 6.38. The van der Waals surface area contributed by atoms with Crippen LogP contribution in [0.3, 0.4) is 0 Å². The predicted octanol–water partition coefficient (Wildman–Crippen LogP) is 4.95. The van der Waals surface area contributed by atoms with Gasteiger partial charge in [0.2, 0.25) is 0 Å². The van der Waals surface area contributed by atoms with Gasteiger partial charge in [-0.3, -0.25) is 0 Å². The zero-order valence-corrected chi connectivity index (χ0v) is 12.4. The molecule has 0 bridgehead atoms. The minimum atomic E-state index is 0.567. The minimum absolute atomic E-state index is 0.567. The van der Waals surface area contributed by atoms with E-state index in [0.717, 1.165) is 23.0 Å². The smallest absolute Gasteiger partial charge is 0.0637 e. The molecular weight excluding hydrogens is 274 g/mol. The number of benzene rings is 2. The van der Waals surface area contributed by atoms with Gasteiger partial charge in [0.15, 0.2) is 0 Å². The van der Waals surface area contributed by atoms with Gasteiger partial charge >= 0.3 is 0 Å². The molecule has 0 aromatic heterocycles. The molecule has 0 fully saturated rings. The van der Waals surface area contributed by atoms with Gasteiger partial charge < -0.3 is 5.32 Å². The lowest BCUT2D eigenvalue weighted by Gasteiger charge is -2.14. The van der Waals surface area contributed by atoms with E-state index in [-0.39, 0.29) is 0 Å². The summed E-state index contributed by atoms with van der Waals surface area (Å²) in [4.78, 5) is 1.42. The van der Waals surface area contributed by atoms with Gasteiger partial charge in [-0.25, -0.2) is 0 Å². The first kappa shape index (κ1) is 12.9. The van der Waals surface area contributed by atoms with Gasteiger partial charge in [-0.15, -0.1) is 11.8 Å². The van der Waals surface area contributed by atoms with Crippen molar-refractivity contribution in [3.63, 3.8) is 0 Å². The molecule has 1 unspecified atom stereocenters. The maximum absolute atomic E-state index is 6.21. The summed E-state index contributed by atoms with van der Waals surface area (Å²) in [7, 11) is 0. The van der Waals surface area contributed by atoms with Crippen LogP contribution in [0.2, 0.25) is 5.02 Å². The van der Waals surface area contributed by atoms with Gasteiger partial charge in [0.05, 0.1) is 10.7 Å². The Morgan fingerprint density at radius 2 is 2.11 bits per heavy atom. The molecule has 2 aromatic rings. The van der Waals surface area contributed by atoms with Crippen molar-refractivity contribution in [2.24, 2.45) is 0 Å². The van der Waals surface area contributed by atoms with Crippen LogP contribution in [0.5, 0.6) is 0 Å². The topological polar surface area (TPSA) is 12.0 Å². The van der Waals surface area contributed by atoms with Crippen LogP contribution in [0.1, 0.15) is 17.0 Å². The van der Waals surface area contributed by atoms with Crippen molar-refractivity contribution < 1.29 is 0 Å². The summed E-state index contributed by atoms with van der Waals surface area (Å²) in [5.41, 5.74) is 3.73. The third kappa shape index (κ3) is 2.75. The first-order valence-corrected chi connectivity index (χ1v) is 7.82. The number of fused-ring (bicyclic) bond motifs is 1. The molecule has 3 rings (SSSR count). The molecule has 0 amide bonds. The number of thioether (sulfide) groups is 1. The third-order valence-corrected chi connectivity index (χ3v) is 5.04. The molecule has 19 heavy (non-hydrogen) atoms. The number of rotatable bonds is 3. The van der Waals surface area contributed by atoms with Crippen molar-refractivity contribution in [2.45, 2.75) is 17.7 Å². The lowest BCUT2D eigenvalue weighted by Crippen LogP contribution is -2.12. The predicted molar refractivity (Wildman–Crippen MR) is 84.6 cm³/mol. The van der Waals surface area contributed by atoms with Gasteiger partial charge in [-0.2, -0.15) is 0 Å². The summed E-state index contributed by atoms with van der Waals surface area (Å²) in [6.45, 7) is 3.02. The van der Waals surface area contributed by atoms with E-state index in [2.05, 4.69) is 42.6 Å². The first-order valence-electron chi connectivity index (χ1n) is 6.46. The van der Waals surface area contributed by atoms with Crippen LogP contribution in [0, 0.1) is 6.92 Å². The molecule has 0 aliphatic carbocycles. The SMILES string of the molecule is Cc1ccc(Cl)c(NCC2CSc3ccccc32)c1. The van der Waals surface area contributed by atoms with Crippen molar-refractivity contribution in [2.75, 3.05) is 17.6 Å². The molecule has 0 spiro atoms. The lowest BCUT2D eigenvalue weighted by atomic mass is 10.0. The standard InChI is InChI=1S/C16H16ClNS/c1-11-6-7-14(17)15(8-11)18-9-12-10-19-16-5-3-2-4-13(12)16/h2-8,12,18H,9-10H2,1H3. The number of halogens is 1. The summed E-state index contributed by atoms with van der Waals surface area (Å²) in [6.07, 6.45) is 0. The molecule has 0 radical (unpaired) electrons. The molecule has 0 saturated heterocycles. The molecule has 1 atom stereocenters. The van der Waals surface area contributed by atoms with Gasteiger partial charge in [0.1, 0.15) is 0 Å². The zero-order chi connectivity index (χ0) is 13.2. The first-order chi connectivity index (χ1) is 9.24. The van der Waals surface area contributed by atoms with Crippen LogP contribution in [0.4, 0.5) is 5.69 Å². The van der Waals surface area contributed by atoms with E-state index in [1.807, 2.05) is 23.9 Å². The number of aryl methyl sites for hydroxylation is 1. The fraction of sp³-hybridized carbons (Fsp3) is 0.250. The highest BCUT2D eigenvalue weighted by atomic mass is 35.5. The van der Waals surface area contributed by atoms with Crippen LogP contribution in [0.25, 0.3) is 0 Å². The Morgan fingerprint density at radius 1 is 1.26 bits per heavy atom. The summed E-state index contributed by atoms with van der Waals surface area (Å²) in [6, 6.07) is 14.8. The summed E-state index contributed by atoms with van der Waals surface area (Å²) in [5, 5.41) is 4.29. The molecule has 0 saturated carbocycles. The van der Waals surface area contributed by atoms with E-state index in [1.165, 1.54) is 16.0 Å². The zero-order valence-electron chi connectivity index (χ0n) is 10.8. The van der Waals surface area contributed by atoms with Crippen LogP contribution < -0.4 is 5.32 Å². The maximum Gasteiger partial charge on any atom is 0.0637 e. The van der Waals surface area contributed by atoms with Crippen LogP contribution in [-0.2, 0) is 0 Å². The normalized spacial score (nSPS) is 17.3. The molecule has 1 N–H and O–H groups in total. The minimum Gasteiger partial charge on any atom is -0.383 e. The second kappa shape index (κ2) is 5.48. The van der Waals surface area contributed by atoms with E-state index < -0.39 is 0 Å². The van der Waals surface area contributed by atoms with E-state index >= 15 is 0 Å². The Labute approximate surface area is 123 Å². The van der Waals surface area contributed by atoms with Gasteiger partial charge in [-0.05, 0) is 36.2 Å². The second-order valence-electron chi connectivity index (χ2n) is 4.91. The number of hydrogen-bond donors (Lipinski definition) is 1. The van der Waals surface area contributed by atoms with Crippen molar-refractivity contribution in [1.29, 1.82) is 0 Å². The average Bonchev–Trinajstić information content (AvgIpc) is 2.83. The third-order valence-electron chi connectivity index (χ3n) is 3.46. The van der Waals surface area contributed by atoms with Crippen LogP contribution >= 0.6 is 23.4 Å². The van der Waals surface area contributed by atoms with Crippen molar-refractivity contribution in [3.8, 4) is 0 Å². The highest BCUT2D eigenvalue weighted by Gasteiger charge is 2.22. The molecule has 2 aromatic carbocycles. The van der Waals surface area contributed by atoms with E-state index in [9.17, 15) is 0 Å². The van der Waals surface area contributed by atoms with E-state index in [4.69, 9.17) is 11.6 Å². The Bertz CT molecular complexity index is 597. The molecule has 1 aliphatic rings. The van der Waals surface area contributed by atoms with E-state index in [1.54, 1.807) is 0 Å². The van der Waals surface area contributed by atoms with Crippen LogP contribution in [0.15, 0.2) is 47.4 Å². The molecule has 1 heterocycles. The molecular formula is C16H16ClNS. The van der Waals surface area contributed by atoms with Crippen molar-refractivity contribution in [1.82, 2.24) is 0 Å². The number of hydrogen-bond acceptors (Lipinski definition) is 2. The highest BCUT2D eigenvalue weighted by molar-refractivity contribution is 7.99. The number of anilines is 1. The summed E-state index contributed by atoms with van der Waals surface area (Å²) >= 11 is 8.16. The largest absolute Gasteiger partial charge is 0.383 e. The lowest BCUT2D eigenvalue weighted by molar-refractivity contribution is 0.819. The Hall–Kier alpha value is -1.12. The Balaban J connectivity index is 1.72. The molecule has 98 valence electrons. The van der Waals surface area contributed by atoms with Gasteiger partial charge in [0, 0.05) is 23.1 Å². The van der Waals surface area contributed by atoms with E-state index in [0.29, 0.717) is 5.92 Å². The van der Waals surface area contributed by atoms with Gasteiger partial charge in [0.25, 0.3) is 0 Å². The Kier molecular flexibility index (Phi) is 3.72. The van der Waals surface area contributed by atoms with Crippen molar-refractivity contribution in [3.05, 3.63) is 58.6 Å². The summed E-state index contributed by atoms with van der Waals surface area (Å²) < 4.78 is 0. The maximum atomic E-state index is 6.21. The monoisotopic (exact) mass is 289 g/mol.